The second-order valence-electron chi connectivity index (χ2n) is 8.03. The van der Waals surface area contributed by atoms with Gasteiger partial charge in [-0.25, -0.2) is 0 Å². The molecule has 0 saturated carbocycles. The van der Waals surface area contributed by atoms with Crippen LogP contribution in [0.1, 0.15) is 57.9 Å². The minimum Gasteiger partial charge on any atom is -0.494 e. The van der Waals surface area contributed by atoms with Crippen LogP contribution in [0.5, 0.6) is 11.5 Å². The first-order valence-electron chi connectivity index (χ1n) is 11.5. The molecule has 2 aromatic carbocycles. The van der Waals surface area contributed by atoms with Crippen molar-refractivity contribution in [1.29, 1.82) is 0 Å². The number of nitrogens with zero attached hydrogens (tertiary/aromatic N) is 1. The summed E-state index contributed by atoms with van der Waals surface area (Å²) < 4.78 is 17.3. The average Bonchev–Trinajstić information content (AvgIpc) is 2.80. The molecule has 166 valence electrons. The molecule has 0 aliphatic carbocycles. The molecule has 3 rings (SSSR count). The van der Waals surface area contributed by atoms with Crippen LogP contribution in [-0.2, 0) is 4.74 Å². The van der Waals surface area contributed by atoms with Crippen molar-refractivity contribution in [1.82, 2.24) is 0 Å². The predicted octanol–water partition coefficient (Wildman–Crippen LogP) is 6.90. The highest BCUT2D eigenvalue weighted by molar-refractivity contribution is 5.82. The minimum absolute atomic E-state index is 0.00458. The van der Waals surface area contributed by atoms with Crippen molar-refractivity contribution in [3.63, 3.8) is 0 Å². The number of unbranched alkanes of at least 4 members (excludes halogenated alkanes) is 5. The van der Waals surface area contributed by atoms with Gasteiger partial charge in [-0.3, -0.25) is 4.99 Å². The Bertz CT molecular complexity index is 825. The average molecular weight is 422 g/mol. The van der Waals surface area contributed by atoms with Gasteiger partial charge in [0.15, 0.2) is 0 Å². The van der Waals surface area contributed by atoms with E-state index >= 15 is 0 Å². The number of ether oxygens (including phenoxy) is 3. The molecule has 4 heteroatoms. The zero-order valence-electron chi connectivity index (χ0n) is 18.9. The van der Waals surface area contributed by atoms with Crippen molar-refractivity contribution >= 4 is 11.9 Å². The third-order valence-corrected chi connectivity index (χ3v) is 5.42. The molecule has 0 saturated heterocycles. The van der Waals surface area contributed by atoms with Crippen molar-refractivity contribution in [2.24, 2.45) is 4.99 Å². The molecule has 0 amide bonds. The van der Waals surface area contributed by atoms with Crippen LogP contribution in [0, 0.1) is 0 Å². The van der Waals surface area contributed by atoms with Crippen molar-refractivity contribution in [2.75, 3.05) is 19.8 Å². The lowest BCUT2D eigenvalue weighted by Crippen LogP contribution is -2.28. The van der Waals surface area contributed by atoms with Gasteiger partial charge in [0, 0.05) is 6.21 Å². The molecule has 31 heavy (non-hydrogen) atoms. The lowest BCUT2D eigenvalue weighted by atomic mass is 10.1. The lowest BCUT2D eigenvalue weighted by Gasteiger charge is -2.23. The summed E-state index contributed by atoms with van der Waals surface area (Å²) in [4.78, 5) is 4.56. The van der Waals surface area contributed by atoms with E-state index in [2.05, 4.69) is 24.9 Å². The van der Waals surface area contributed by atoms with Gasteiger partial charge in [0.05, 0.1) is 25.5 Å². The van der Waals surface area contributed by atoms with Crippen LogP contribution in [0.2, 0.25) is 0 Å². The van der Waals surface area contributed by atoms with E-state index in [9.17, 15) is 0 Å². The molecule has 2 aromatic rings. The summed E-state index contributed by atoms with van der Waals surface area (Å²) in [5, 5.41) is 0. The van der Waals surface area contributed by atoms with Crippen molar-refractivity contribution in [2.45, 2.75) is 58.5 Å². The molecule has 0 spiro atoms. The van der Waals surface area contributed by atoms with E-state index in [0.717, 1.165) is 35.8 Å². The first kappa shape index (κ1) is 23.1. The summed E-state index contributed by atoms with van der Waals surface area (Å²) in [6, 6.07) is 15.9. The van der Waals surface area contributed by atoms with Crippen molar-refractivity contribution < 1.29 is 14.2 Å². The van der Waals surface area contributed by atoms with Gasteiger partial charge in [-0.1, -0.05) is 45.1 Å². The highest BCUT2D eigenvalue weighted by Gasteiger charge is 2.16. The van der Waals surface area contributed by atoms with E-state index in [-0.39, 0.29) is 6.10 Å². The van der Waals surface area contributed by atoms with Crippen molar-refractivity contribution in [3.8, 4) is 11.5 Å². The highest BCUT2D eigenvalue weighted by atomic mass is 16.5. The normalized spacial score (nSPS) is 16.3. The number of benzene rings is 2. The number of hydrogen-bond donors (Lipinski definition) is 0. The van der Waals surface area contributed by atoms with E-state index in [1.165, 1.54) is 37.7 Å². The maximum atomic E-state index is 6.01. The smallest absolute Gasteiger partial charge is 0.143 e. The van der Waals surface area contributed by atoms with Gasteiger partial charge in [-0.05, 0) is 73.0 Å². The van der Waals surface area contributed by atoms with E-state index in [1.54, 1.807) is 0 Å². The predicted molar refractivity (Wildman–Crippen MR) is 128 cm³/mol. The summed E-state index contributed by atoms with van der Waals surface area (Å²) >= 11 is 0. The van der Waals surface area contributed by atoms with Gasteiger partial charge in [0.1, 0.15) is 17.6 Å². The Balaban J connectivity index is 1.41. The molecule has 1 aliphatic rings. The molecule has 0 unspecified atom stereocenters. The van der Waals surface area contributed by atoms with Gasteiger partial charge >= 0.3 is 0 Å². The Labute approximate surface area is 187 Å². The molecule has 1 atom stereocenters. The molecular formula is C27H35NO3. The Morgan fingerprint density at radius 2 is 1.65 bits per heavy atom. The van der Waals surface area contributed by atoms with Crippen molar-refractivity contribution in [3.05, 3.63) is 65.7 Å². The summed E-state index contributed by atoms with van der Waals surface area (Å²) in [5.74, 6) is 1.75. The summed E-state index contributed by atoms with van der Waals surface area (Å²) in [5.41, 5.74) is 3.16. The molecule has 0 aromatic heterocycles. The standard InChI is InChI=1S/C27H35NO3/c1-3-4-5-6-7-8-18-30-25-15-11-24(12-16-25)28-20-23-9-13-26(14-10-23)31-27-21-29-19-17-22(27)2/h9-17,20,27H,3-8,18-19,21H2,1-2H3/t27-/m0/s1. The van der Waals surface area contributed by atoms with Gasteiger partial charge in [-0.2, -0.15) is 0 Å². The number of aliphatic imine (C=N–C) groups is 1. The largest absolute Gasteiger partial charge is 0.494 e. The quantitative estimate of drug-likeness (QED) is 0.213. The van der Waals surface area contributed by atoms with Crippen LogP contribution in [0.3, 0.4) is 0 Å². The summed E-state index contributed by atoms with van der Waals surface area (Å²) in [6.07, 6.45) is 11.6. The maximum absolute atomic E-state index is 6.01. The minimum atomic E-state index is -0.00458. The third-order valence-electron chi connectivity index (χ3n) is 5.42. The molecule has 0 fully saturated rings. The fourth-order valence-corrected chi connectivity index (χ4v) is 3.40. The fourth-order valence-electron chi connectivity index (χ4n) is 3.40. The first-order valence-corrected chi connectivity index (χ1v) is 11.5. The third kappa shape index (κ3) is 8.22. The van der Waals surface area contributed by atoms with Gasteiger partial charge in [0.25, 0.3) is 0 Å². The van der Waals surface area contributed by atoms with E-state index in [4.69, 9.17) is 14.2 Å². The Hall–Kier alpha value is -2.59. The second kappa shape index (κ2) is 13.0. The van der Waals surface area contributed by atoms with Crippen LogP contribution in [-0.4, -0.2) is 32.1 Å². The van der Waals surface area contributed by atoms with Crippen LogP contribution in [0.25, 0.3) is 0 Å². The van der Waals surface area contributed by atoms with Gasteiger partial charge < -0.3 is 14.2 Å². The van der Waals surface area contributed by atoms with E-state index in [1.807, 2.05) is 54.7 Å². The monoisotopic (exact) mass is 421 g/mol. The molecule has 1 aliphatic heterocycles. The highest BCUT2D eigenvalue weighted by Crippen LogP contribution is 2.21. The van der Waals surface area contributed by atoms with E-state index < -0.39 is 0 Å². The van der Waals surface area contributed by atoms with Crippen LogP contribution < -0.4 is 9.47 Å². The topological polar surface area (TPSA) is 40.0 Å². The van der Waals surface area contributed by atoms with E-state index in [0.29, 0.717) is 13.2 Å². The SMILES string of the molecule is CCCCCCCCOc1ccc(N=Cc2ccc(O[C@H]3COCC=C3C)cc2)cc1. The molecular weight excluding hydrogens is 386 g/mol. The molecule has 0 N–H and O–H groups in total. The first-order chi connectivity index (χ1) is 15.2. The summed E-state index contributed by atoms with van der Waals surface area (Å²) in [6.45, 7) is 6.39. The lowest BCUT2D eigenvalue weighted by molar-refractivity contribution is 0.0681. The van der Waals surface area contributed by atoms with Crippen LogP contribution in [0.4, 0.5) is 5.69 Å². The van der Waals surface area contributed by atoms with Gasteiger partial charge in [0.2, 0.25) is 0 Å². The fraction of sp³-hybridized carbons (Fsp3) is 0.444. The molecule has 4 nitrogen and oxygen atoms in total. The molecule has 1 heterocycles. The summed E-state index contributed by atoms with van der Waals surface area (Å²) in [7, 11) is 0. The van der Waals surface area contributed by atoms with Gasteiger partial charge in [-0.15, -0.1) is 0 Å². The number of rotatable bonds is 12. The van der Waals surface area contributed by atoms with Crippen LogP contribution >= 0.6 is 0 Å². The Kier molecular flexibility index (Phi) is 9.65. The number of hydrogen-bond acceptors (Lipinski definition) is 4. The zero-order valence-corrected chi connectivity index (χ0v) is 18.9. The maximum Gasteiger partial charge on any atom is 0.143 e. The molecule has 0 radical (unpaired) electrons. The second-order valence-corrected chi connectivity index (χ2v) is 8.03. The molecule has 0 bridgehead atoms. The van der Waals surface area contributed by atoms with Crippen LogP contribution in [0.15, 0.2) is 65.2 Å². The Morgan fingerprint density at radius 3 is 2.39 bits per heavy atom. The Morgan fingerprint density at radius 1 is 0.935 bits per heavy atom. The zero-order chi connectivity index (χ0) is 21.7.